The van der Waals surface area contributed by atoms with Gasteiger partial charge in [-0.2, -0.15) is 0 Å². The minimum atomic E-state index is 0.436. The second-order valence-electron chi connectivity index (χ2n) is 1.98. The van der Waals surface area contributed by atoms with E-state index in [-0.39, 0.29) is 0 Å². The van der Waals surface area contributed by atoms with E-state index < -0.39 is 0 Å². The summed E-state index contributed by atoms with van der Waals surface area (Å²) in [5.41, 5.74) is 0.963. The van der Waals surface area contributed by atoms with Gasteiger partial charge in [0.25, 0.3) is 0 Å². The molecule has 9 heavy (non-hydrogen) atoms. The Morgan fingerprint density at radius 1 is 1.67 bits per heavy atom. The zero-order valence-electron chi connectivity index (χ0n) is 5.66. The van der Waals surface area contributed by atoms with Crippen LogP contribution in [0.25, 0.3) is 0 Å². The molecule has 0 rings (SSSR count). The van der Waals surface area contributed by atoms with Gasteiger partial charge >= 0.3 is 67.0 Å². The van der Waals surface area contributed by atoms with E-state index in [9.17, 15) is 0 Å². The number of hydrogen-bond acceptors (Lipinski definition) is 1. The van der Waals surface area contributed by atoms with Crippen molar-refractivity contribution < 1.29 is 19.4 Å². The molecule has 1 nitrogen and oxygen atoms in total. The monoisotopic (exact) mass is 292 g/mol. The Morgan fingerprint density at radius 2 is 2.22 bits per heavy atom. The van der Waals surface area contributed by atoms with E-state index in [1.165, 1.54) is 19.4 Å². The molecule has 0 aromatic carbocycles. The SMILES string of the molecule is [CH-]=CC(=N[CH]=[W])C(C)C. The van der Waals surface area contributed by atoms with Crippen LogP contribution in [0.1, 0.15) is 13.8 Å². The summed E-state index contributed by atoms with van der Waals surface area (Å²) in [5.74, 6) is 0.436. The van der Waals surface area contributed by atoms with Crippen LogP contribution in [-0.2, 0) is 19.4 Å². The molecule has 50 valence electrons. The Balaban J connectivity index is 4.13. The van der Waals surface area contributed by atoms with Crippen LogP contribution >= 0.6 is 0 Å². The fourth-order valence-electron chi connectivity index (χ4n) is 0.445. The fraction of sp³-hybridized carbons (Fsp3) is 0.429. The molecular formula is C7H10NW-. The first kappa shape index (κ1) is 8.97. The van der Waals surface area contributed by atoms with Gasteiger partial charge in [0.15, 0.2) is 0 Å². The van der Waals surface area contributed by atoms with Gasteiger partial charge in [0.1, 0.15) is 0 Å². The number of allylic oxidation sites excluding steroid dienone is 1. The number of hydrogen-bond donors (Lipinski definition) is 0. The van der Waals surface area contributed by atoms with E-state index >= 15 is 0 Å². The maximum absolute atomic E-state index is 5.29. The third-order valence-corrected chi connectivity index (χ3v) is 1.34. The van der Waals surface area contributed by atoms with Gasteiger partial charge in [-0.1, -0.05) is 0 Å². The standard InChI is InChI=1S/C7H10N.W/c1-5-7(8-4)6(2)3;/h1,4-6H,2-3H3;/q-1;. The molecule has 2 heteroatoms. The van der Waals surface area contributed by atoms with E-state index in [4.69, 9.17) is 6.58 Å². The molecule has 0 aromatic heterocycles. The normalized spacial score (nSPS) is 11.7. The van der Waals surface area contributed by atoms with Crippen molar-refractivity contribution in [1.29, 1.82) is 0 Å². The Kier molecular flexibility index (Phi) is 4.79. The van der Waals surface area contributed by atoms with E-state index in [2.05, 4.69) is 18.8 Å². The molecule has 0 aliphatic carbocycles. The molecule has 0 heterocycles. The van der Waals surface area contributed by atoms with Crippen LogP contribution in [0.3, 0.4) is 0 Å². The molecule has 0 fully saturated rings. The summed E-state index contributed by atoms with van der Waals surface area (Å²) in [5, 5.41) is 0. The van der Waals surface area contributed by atoms with Gasteiger partial charge in [0, 0.05) is 0 Å². The van der Waals surface area contributed by atoms with Gasteiger partial charge in [0.2, 0.25) is 0 Å². The van der Waals surface area contributed by atoms with Crippen molar-refractivity contribution in [1.82, 2.24) is 0 Å². The molecule has 0 N–H and O–H groups in total. The predicted molar refractivity (Wildman–Crippen MR) is 37.2 cm³/mol. The van der Waals surface area contributed by atoms with E-state index in [0.717, 1.165) is 5.71 Å². The maximum atomic E-state index is 5.29. The van der Waals surface area contributed by atoms with Gasteiger partial charge in [-0.15, -0.1) is 0 Å². The van der Waals surface area contributed by atoms with Gasteiger partial charge in [-0.05, 0) is 0 Å². The van der Waals surface area contributed by atoms with E-state index in [1.807, 2.05) is 4.52 Å². The number of aliphatic imine (C=N–C) groups is 1. The third-order valence-electron chi connectivity index (χ3n) is 0.964. The van der Waals surface area contributed by atoms with Crippen LogP contribution in [-0.4, -0.2) is 10.2 Å². The fourth-order valence-corrected chi connectivity index (χ4v) is 0.883. The second kappa shape index (κ2) is 4.81. The molecule has 0 aliphatic rings. The van der Waals surface area contributed by atoms with Crippen molar-refractivity contribution in [3.63, 3.8) is 0 Å². The average Bonchev–Trinajstić information content (AvgIpc) is 1.82. The Bertz CT molecular complexity index is 136. The zero-order chi connectivity index (χ0) is 7.28. The Hall–Kier alpha value is -0.0317. The second-order valence-corrected chi connectivity index (χ2v) is 2.74. The first-order valence-electron chi connectivity index (χ1n) is 2.78. The molecule has 0 radical (unpaired) electrons. The van der Waals surface area contributed by atoms with Crippen LogP contribution < -0.4 is 0 Å². The molecule has 0 atom stereocenters. The van der Waals surface area contributed by atoms with Crippen LogP contribution in [0.2, 0.25) is 0 Å². The number of nitrogens with zero attached hydrogens (tertiary/aromatic N) is 1. The van der Waals surface area contributed by atoms with Gasteiger partial charge in [-0.3, -0.25) is 0 Å². The molecule has 0 saturated heterocycles. The van der Waals surface area contributed by atoms with Crippen molar-refractivity contribution in [2.24, 2.45) is 10.9 Å². The molecule has 0 aromatic rings. The van der Waals surface area contributed by atoms with Crippen LogP contribution in [0.15, 0.2) is 11.1 Å². The Morgan fingerprint density at radius 3 is 2.33 bits per heavy atom. The average molecular weight is 292 g/mol. The quantitative estimate of drug-likeness (QED) is 0.550. The summed E-state index contributed by atoms with van der Waals surface area (Å²) >= 11 is 1.35. The summed E-state index contributed by atoms with van der Waals surface area (Å²) in [6.45, 7) is 9.43. The van der Waals surface area contributed by atoms with Crippen molar-refractivity contribution in [2.45, 2.75) is 13.8 Å². The minimum absolute atomic E-state index is 0.436. The summed E-state index contributed by atoms with van der Waals surface area (Å²) in [4.78, 5) is 4.09. The first-order chi connectivity index (χ1) is 4.22. The summed E-state index contributed by atoms with van der Waals surface area (Å²) < 4.78 is 1.83. The van der Waals surface area contributed by atoms with Gasteiger partial charge in [-0.25, -0.2) is 0 Å². The molecule has 0 amide bonds. The zero-order valence-corrected chi connectivity index (χ0v) is 8.60. The van der Waals surface area contributed by atoms with Crippen LogP contribution in [0, 0.1) is 12.5 Å². The molecule has 0 unspecified atom stereocenters. The van der Waals surface area contributed by atoms with Crippen molar-refractivity contribution in [3.8, 4) is 0 Å². The first-order valence-corrected chi connectivity index (χ1v) is 4.48. The van der Waals surface area contributed by atoms with Crippen molar-refractivity contribution in [3.05, 3.63) is 12.7 Å². The molecule has 0 bridgehead atoms. The van der Waals surface area contributed by atoms with Gasteiger partial charge < -0.3 is 0 Å². The summed E-state index contributed by atoms with van der Waals surface area (Å²) in [6, 6.07) is 0. The predicted octanol–water partition coefficient (Wildman–Crippen LogP) is 1.38. The van der Waals surface area contributed by atoms with Gasteiger partial charge in [0.05, 0.1) is 0 Å². The summed E-state index contributed by atoms with van der Waals surface area (Å²) in [6.07, 6.45) is 1.56. The van der Waals surface area contributed by atoms with Crippen molar-refractivity contribution >= 4 is 10.2 Å². The Labute approximate surface area is 67.3 Å². The molecular weight excluding hydrogens is 282 g/mol. The van der Waals surface area contributed by atoms with Crippen LogP contribution in [0.5, 0.6) is 0 Å². The third kappa shape index (κ3) is 3.53. The summed E-state index contributed by atoms with van der Waals surface area (Å²) in [7, 11) is 0. The van der Waals surface area contributed by atoms with Crippen molar-refractivity contribution in [2.75, 3.05) is 0 Å². The number of rotatable bonds is 3. The molecule has 0 saturated carbocycles. The van der Waals surface area contributed by atoms with E-state index in [1.54, 1.807) is 6.08 Å². The molecule has 0 aliphatic heterocycles. The van der Waals surface area contributed by atoms with Crippen LogP contribution in [0.4, 0.5) is 0 Å². The molecule has 0 spiro atoms. The van der Waals surface area contributed by atoms with E-state index in [0.29, 0.717) is 5.92 Å². The topological polar surface area (TPSA) is 12.4 Å².